The molecule has 0 spiro atoms. The Morgan fingerprint density at radius 2 is 1.59 bits per heavy atom. The van der Waals surface area contributed by atoms with E-state index in [-0.39, 0.29) is 5.04 Å². The van der Waals surface area contributed by atoms with E-state index in [9.17, 15) is 0 Å². The van der Waals surface area contributed by atoms with Crippen LogP contribution in [0.3, 0.4) is 0 Å². The molecule has 3 heteroatoms. The molecule has 0 N–H and O–H groups in total. The molecule has 0 rings (SSSR count). The maximum Gasteiger partial charge on any atom is 0.343 e. The molecule has 0 heterocycles. The van der Waals surface area contributed by atoms with Crippen molar-refractivity contribution in [3.05, 3.63) is 0 Å². The molecule has 0 bridgehead atoms. The molecule has 104 valence electrons. The predicted molar refractivity (Wildman–Crippen MR) is 77.6 cm³/mol. The summed E-state index contributed by atoms with van der Waals surface area (Å²) in [7, 11) is 1.59. The zero-order valence-corrected chi connectivity index (χ0v) is 13.9. The first-order valence-corrected chi connectivity index (χ1v) is 9.04. The van der Waals surface area contributed by atoms with Crippen LogP contribution in [0.2, 0.25) is 11.1 Å². The highest BCUT2D eigenvalue weighted by Crippen LogP contribution is 2.49. The summed E-state index contributed by atoms with van der Waals surface area (Å²) < 4.78 is 11.9. The molecule has 1 atom stereocenters. The molecule has 0 radical (unpaired) electrons. The summed E-state index contributed by atoms with van der Waals surface area (Å²) in [5, 5.41) is 0.168. The summed E-state index contributed by atoms with van der Waals surface area (Å²) in [4.78, 5) is 0. The smallest absolute Gasteiger partial charge is 0.343 e. The van der Waals surface area contributed by atoms with Crippen LogP contribution in [-0.4, -0.2) is 22.8 Å². The third kappa shape index (κ3) is 3.80. The standard InChI is InChI=1S/C14H32O2Si/c1-8-10-12-17(15-6,16-7)14(4,5)13(3)11-9-2/h13H,8-12H2,1-7H3. The largest absolute Gasteiger partial charge is 0.397 e. The first-order chi connectivity index (χ1) is 7.91. The highest BCUT2D eigenvalue weighted by Gasteiger charge is 2.52. The van der Waals surface area contributed by atoms with Crippen molar-refractivity contribution in [2.75, 3.05) is 14.2 Å². The van der Waals surface area contributed by atoms with Gasteiger partial charge in [-0.25, -0.2) is 0 Å². The Bertz CT molecular complexity index is 200. The molecule has 0 aliphatic heterocycles. The lowest BCUT2D eigenvalue weighted by Crippen LogP contribution is -2.52. The molecule has 1 unspecified atom stereocenters. The normalized spacial score (nSPS) is 15.0. The molecule has 0 saturated heterocycles. The van der Waals surface area contributed by atoms with Crippen molar-refractivity contribution in [3.63, 3.8) is 0 Å². The van der Waals surface area contributed by atoms with Gasteiger partial charge in [-0.3, -0.25) is 0 Å². The van der Waals surface area contributed by atoms with Crippen LogP contribution in [-0.2, 0) is 8.85 Å². The van der Waals surface area contributed by atoms with Crippen molar-refractivity contribution in [3.8, 4) is 0 Å². The maximum atomic E-state index is 5.94. The monoisotopic (exact) mass is 260 g/mol. The van der Waals surface area contributed by atoms with Crippen molar-refractivity contribution in [2.45, 2.75) is 71.4 Å². The van der Waals surface area contributed by atoms with Crippen LogP contribution >= 0.6 is 0 Å². The summed E-state index contributed by atoms with van der Waals surface area (Å²) in [6, 6.07) is 1.11. The maximum absolute atomic E-state index is 5.94. The molecular weight excluding hydrogens is 228 g/mol. The molecule has 0 amide bonds. The van der Waals surface area contributed by atoms with Gasteiger partial charge in [-0.15, -0.1) is 0 Å². The van der Waals surface area contributed by atoms with E-state index in [0.29, 0.717) is 5.92 Å². The fraction of sp³-hybridized carbons (Fsp3) is 1.00. The summed E-state index contributed by atoms with van der Waals surface area (Å²) >= 11 is 0. The fourth-order valence-corrected chi connectivity index (χ4v) is 6.70. The second-order valence-electron chi connectivity index (χ2n) is 5.68. The minimum absolute atomic E-state index is 0.168. The summed E-state index contributed by atoms with van der Waals surface area (Å²) in [5.41, 5.74) is 0. The molecule has 17 heavy (non-hydrogen) atoms. The highest BCUT2D eigenvalue weighted by atomic mass is 28.4. The topological polar surface area (TPSA) is 18.5 Å². The van der Waals surface area contributed by atoms with E-state index in [4.69, 9.17) is 8.85 Å². The Morgan fingerprint density at radius 1 is 1.06 bits per heavy atom. The summed E-state index contributed by atoms with van der Waals surface area (Å²) in [5.74, 6) is 0.649. The second kappa shape index (κ2) is 7.55. The minimum atomic E-state index is -2.09. The van der Waals surface area contributed by atoms with Gasteiger partial charge in [0.2, 0.25) is 0 Å². The first-order valence-electron chi connectivity index (χ1n) is 7.02. The van der Waals surface area contributed by atoms with Gasteiger partial charge in [-0.05, 0) is 12.0 Å². The molecular formula is C14H32O2Si. The fourth-order valence-electron chi connectivity index (χ4n) is 2.71. The van der Waals surface area contributed by atoms with Gasteiger partial charge in [0.05, 0.1) is 0 Å². The van der Waals surface area contributed by atoms with E-state index < -0.39 is 8.56 Å². The van der Waals surface area contributed by atoms with E-state index in [1.54, 1.807) is 0 Å². The number of rotatable bonds is 9. The van der Waals surface area contributed by atoms with Gasteiger partial charge in [0, 0.05) is 19.3 Å². The van der Waals surface area contributed by atoms with E-state index in [1.165, 1.54) is 25.7 Å². The lowest BCUT2D eigenvalue weighted by molar-refractivity contribution is 0.183. The third-order valence-electron chi connectivity index (χ3n) is 4.45. The van der Waals surface area contributed by atoms with Crippen LogP contribution in [0.25, 0.3) is 0 Å². The van der Waals surface area contributed by atoms with Crippen LogP contribution in [0.1, 0.15) is 60.3 Å². The molecule has 0 aliphatic carbocycles. The molecule has 0 aliphatic rings. The lowest BCUT2D eigenvalue weighted by Gasteiger charge is -2.45. The minimum Gasteiger partial charge on any atom is -0.397 e. The van der Waals surface area contributed by atoms with Crippen LogP contribution in [0.5, 0.6) is 0 Å². The van der Waals surface area contributed by atoms with E-state index in [2.05, 4.69) is 34.6 Å². The molecule has 0 saturated carbocycles. The summed E-state index contributed by atoms with van der Waals surface area (Å²) in [6.45, 7) is 11.5. The quantitative estimate of drug-likeness (QED) is 0.558. The van der Waals surface area contributed by atoms with Crippen molar-refractivity contribution < 1.29 is 8.85 Å². The van der Waals surface area contributed by atoms with Crippen molar-refractivity contribution >= 4 is 8.56 Å². The Balaban J connectivity index is 4.98. The van der Waals surface area contributed by atoms with Gasteiger partial charge in [-0.1, -0.05) is 60.3 Å². The Kier molecular flexibility index (Phi) is 7.61. The van der Waals surface area contributed by atoms with E-state index in [1.807, 2.05) is 14.2 Å². The second-order valence-corrected chi connectivity index (χ2v) is 9.79. The van der Waals surface area contributed by atoms with E-state index in [0.717, 1.165) is 6.04 Å². The van der Waals surface area contributed by atoms with Gasteiger partial charge >= 0.3 is 8.56 Å². The van der Waals surface area contributed by atoms with Crippen LogP contribution in [0.4, 0.5) is 0 Å². The SMILES string of the molecule is CCCC[Si](OC)(OC)C(C)(C)C(C)CCC. The predicted octanol–water partition coefficient (Wildman–Crippen LogP) is 4.74. The Hall–Kier alpha value is 0.137. The average Bonchev–Trinajstić information content (AvgIpc) is 2.31. The summed E-state index contributed by atoms with van der Waals surface area (Å²) in [6.07, 6.45) is 4.90. The van der Waals surface area contributed by atoms with Crippen molar-refractivity contribution in [1.82, 2.24) is 0 Å². The molecule has 0 aromatic heterocycles. The van der Waals surface area contributed by atoms with E-state index >= 15 is 0 Å². The molecule has 0 aromatic rings. The Morgan fingerprint density at radius 3 is 1.94 bits per heavy atom. The van der Waals surface area contributed by atoms with Crippen LogP contribution < -0.4 is 0 Å². The zero-order valence-electron chi connectivity index (χ0n) is 12.9. The van der Waals surface area contributed by atoms with Gasteiger partial charge in [0.15, 0.2) is 0 Å². The highest BCUT2D eigenvalue weighted by molar-refractivity contribution is 6.70. The molecule has 2 nitrogen and oxygen atoms in total. The lowest BCUT2D eigenvalue weighted by atomic mass is 9.92. The van der Waals surface area contributed by atoms with Gasteiger partial charge in [0.25, 0.3) is 0 Å². The number of hydrogen-bond acceptors (Lipinski definition) is 2. The number of unbranched alkanes of at least 4 members (excludes halogenated alkanes) is 1. The van der Waals surface area contributed by atoms with Crippen LogP contribution in [0, 0.1) is 5.92 Å². The van der Waals surface area contributed by atoms with Crippen molar-refractivity contribution in [1.29, 1.82) is 0 Å². The average molecular weight is 260 g/mol. The third-order valence-corrected chi connectivity index (χ3v) is 9.24. The molecule has 0 aromatic carbocycles. The molecule has 0 fully saturated rings. The number of hydrogen-bond donors (Lipinski definition) is 0. The van der Waals surface area contributed by atoms with Gasteiger partial charge in [0.1, 0.15) is 0 Å². The first kappa shape index (κ1) is 17.1. The van der Waals surface area contributed by atoms with Crippen molar-refractivity contribution in [2.24, 2.45) is 5.92 Å². The zero-order chi connectivity index (χ0) is 13.5. The van der Waals surface area contributed by atoms with Gasteiger partial charge in [-0.2, -0.15) is 0 Å². The Labute approximate surface area is 109 Å². The van der Waals surface area contributed by atoms with Crippen LogP contribution in [0.15, 0.2) is 0 Å². The van der Waals surface area contributed by atoms with Gasteiger partial charge < -0.3 is 8.85 Å².